The second kappa shape index (κ2) is 7.58. The quantitative estimate of drug-likeness (QED) is 0.772. The second-order valence-electron chi connectivity index (χ2n) is 7.33. The van der Waals surface area contributed by atoms with Crippen LogP contribution in [0.2, 0.25) is 0 Å². The topological polar surface area (TPSA) is 70.4 Å². The maximum absolute atomic E-state index is 11.1. The van der Waals surface area contributed by atoms with Crippen molar-refractivity contribution in [1.29, 1.82) is 0 Å². The van der Waals surface area contributed by atoms with Crippen LogP contribution in [0, 0.1) is 5.92 Å². The summed E-state index contributed by atoms with van der Waals surface area (Å²) in [4.78, 5) is 13.4. The Balaban J connectivity index is 1.46. The highest BCUT2D eigenvalue weighted by Gasteiger charge is 2.40. The molecule has 2 saturated heterocycles. The number of nitrogens with two attached hydrogens (primary N) is 1. The summed E-state index contributed by atoms with van der Waals surface area (Å²) in [6.07, 6.45) is 1.53. The van der Waals surface area contributed by atoms with E-state index in [9.17, 15) is 4.79 Å². The van der Waals surface area contributed by atoms with Gasteiger partial charge in [0, 0.05) is 31.5 Å². The van der Waals surface area contributed by atoms with Crippen LogP contribution in [0.15, 0.2) is 54.6 Å². The van der Waals surface area contributed by atoms with Crippen molar-refractivity contribution in [1.82, 2.24) is 15.8 Å². The van der Waals surface area contributed by atoms with Crippen LogP contribution >= 0.6 is 0 Å². The van der Waals surface area contributed by atoms with E-state index in [2.05, 4.69) is 64.3 Å². The summed E-state index contributed by atoms with van der Waals surface area (Å²) in [6.45, 7) is 2.77. The molecule has 136 valence electrons. The highest BCUT2D eigenvalue weighted by molar-refractivity contribution is 5.73. The molecule has 26 heavy (non-hydrogen) atoms. The van der Waals surface area contributed by atoms with Crippen molar-refractivity contribution >= 4 is 5.91 Å². The number of hydrogen-bond donors (Lipinski definition) is 3. The zero-order valence-corrected chi connectivity index (χ0v) is 14.9. The van der Waals surface area contributed by atoms with Crippen LogP contribution in [0.3, 0.4) is 0 Å². The number of primary amides is 1. The van der Waals surface area contributed by atoms with Gasteiger partial charge >= 0.3 is 0 Å². The van der Waals surface area contributed by atoms with Crippen LogP contribution in [0.5, 0.6) is 0 Å². The molecule has 2 heterocycles. The van der Waals surface area contributed by atoms with Gasteiger partial charge in [-0.25, -0.2) is 5.43 Å². The second-order valence-corrected chi connectivity index (χ2v) is 7.33. The summed E-state index contributed by atoms with van der Waals surface area (Å²) in [7, 11) is 0. The molecule has 2 aromatic rings. The molecule has 0 aliphatic carbocycles. The fraction of sp³-hybridized carbons (Fsp3) is 0.381. The molecule has 5 nitrogen and oxygen atoms in total. The van der Waals surface area contributed by atoms with E-state index in [1.165, 1.54) is 16.7 Å². The van der Waals surface area contributed by atoms with E-state index < -0.39 is 0 Å². The Kier molecular flexibility index (Phi) is 5.02. The molecule has 2 aliphatic heterocycles. The average Bonchev–Trinajstić information content (AvgIpc) is 3.10. The molecule has 3 unspecified atom stereocenters. The van der Waals surface area contributed by atoms with E-state index in [1.54, 1.807) is 0 Å². The average molecular weight is 350 g/mol. The van der Waals surface area contributed by atoms with Crippen molar-refractivity contribution in [2.24, 2.45) is 11.7 Å². The predicted molar refractivity (Wildman–Crippen MR) is 103 cm³/mol. The number of hydrazine groups is 1. The first-order valence-corrected chi connectivity index (χ1v) is 9.38. The molecule has 3 atom stereocenters. The third-order valence-electron chi connectivity index (χ3n) is 5.65. The Bertz CT molecular complexity index is 746. The highest BCUT2D eigenvalue weighted by Crippen LogP contribution is 2.34. The normalized spacial score (nSPS) is 25.8. The van der Waals surface area contributed by atoms with Gasteiger partial charge in [0.2, 0.25) is 5.91 Å². The standard InChI is InChI=1S/C21H26N4O/c22-20(26)11-13-25-12-10-19-18(14-25)21(24-23-19)17-8-6-16(7-9-17)15-4-2-1-3-5-15/h1-9,18-19,21,23-24H,10-14H2,(H2,22,26). The molecule has 1 amide bonds. The van der Waals surface area contributed by atoms with Crippen LogP contribution in [0.25, 0.3) is 11.1 Å². The molecule has 4 rings (SSSR count). The van der Waals surface area contributed by atoms with E-state index >= 15 is 0 Å². The largest absolute Gasteiger partial charge is 0.370 e. The molecule has 0 spiro atoms. The maximum Gasteiger partial charge on any atom is 0.218 e. The van der Waals surface area contributed by atoms with Crippen molar-refractivity contribution in [3.63, 3.8) is 0 Å². The summed E-state index contributed by atoms with van der Waals surface area (Å²) in [5.41, 5.74) is 16.1. The lowest BCUT2D eigenvalue weighted by Crippen LogP contribution is -2.46. The van der Waals surface area contributed by atoms with Gasteiger partial charge in [0.1, 0.15) is 0 Å². The van der Waals surface area contributed by atoms with Crippen LogP contribution in [0.4, 0.5) is 0 Å². The molecule has 5 heteroatoms. The summed E-state index contributed by atoms with van der Waals surface area (Å²) >= 11 is 0. The van der Waals surface area contributed by atoms with Gasteiger partial charge in [-0.3, -0.25) is 10.2 Å². The first-order chi connectivity index (χ1) is 12.7. The fourth-order valence-electron chi connectivity index (χ4n) is 4.19. The highest BCUT2D eigenvalue weighted by atomic mass is 16.1. The van der Waals surface area contributed by atoms with E-state index in [4.69, 9.17) is 5.73 Å². The predicted octanol–water partition coefficient (Wildman–Crippen LogP) is 2.07. The molecule has 2 fully saturated rings. The van der Waals surface area contributed by atoms with Gasteiger partial charge in [-0.15, -0.1) is 0 Å². The first kappa shape index (κ1) is 17.2. The van der Waals surface area contributed by atoms with E-state index in [1.807, 2.05) is 6.07 Å². The first-order valence-electron chi connectivity index (χ1n) is 9.38. The SMILES string of the molecule is NC(=O)CCN1CCC2NNC(c3ccc(-c4ccccc4)cc3)C2C1. The number of hydrogen-bond acceptors (Lipinski definition) is 4. The van der Waals surface area contributed by atoms with Crippen molar-refractivity contribution in [3.8, 4) is 11.1 Å². The van der Waals surface area contributed by atoms with Crippen molar-refractivity contribution in [2.75, 3.05) is 19.6 Å². The lowest BCUT2D eigenvalue weighted by atomic mass is 9.84. The van der Waals surface area contributed by atoms with Gasteiger partial charge in [0.25, 0.3) is 0 Å². The fourth-order valence-corrected chi connectivity index (χ4v) is 4.19. The number of carbonyl (C=O) groups is 1. The molecule has 4 N–H and O–H groups in total. The number of amides is 1. The third kappa shape index (κ3) is 3.65. The summed E-state index contributed by atoms with van der Waals surface area (Å²) in [5.74, 6) is 0.280. The summed E-state index contributed by atoms with van der Waals surface area (Å²) in [6, 6.07) is 20.1. The maximum atomic E-state index is 11.1. The Morgan fingerprint density at radius 2 is 1.77 bits per heavy atom. The minimum absolute atomic E-state index is 0.220. The molecule has 0 aromatic heterocycles. The number of nitrogens with zero attached hydrogens (tertiary/aromatic N) is 1. The molecular formula is C21H26N4O. The van der Waals surface area contributed by atoms with Gasteiger partial charge in [-0.1, -0.05) is 54.6 Å². The zero-order valence-electron chi connectivity index (χ0n) is 14.9. The minimum atomic E-state index is -0.220. The van der Waals surface area contributed by atoms with Crippen LogP contribution in [-0.4, -0.2) is 36.5 Å². The molecule has 0 radical (unpaired) electrons. The third-order valence-corrected chi connectivity index (χ3v) is 5.65. The van der Waals surface area contributed by atoms with Gasteiger partial charge in [0.05, 0.1) is 6.04 Å². The number of fused-ring (bicyclic) bond motifs is 1. The Morgan fingerprint density at radius 1 is 1.04 bits per heavy atom. The summed E-state index contributed by atoms with van der Waals surface area (Å²) in [5, 5.41) is 0. The van der Waals surface area contributed by atoms with Gasteiger partial charge in [0.15, 0.2) is 0 Å². The number of piperidine rings is 1. The molecular weight excluding hydrogens is 324 g/mol. The van der Waals surface area contributed by atoms with Gasteiger partial charge in [-0.05, 0) is 29.7 Å². The van der Waals surface area contributed by atoms with E-state index in [0.29, 0.717) is 24.4 Å². The minimum Gasteiger partial charge on any atom is -0.370 e. The number of benzene rings is 2. The number of carbonyl (C=O) groups excluding carboxylic acids is 1. The molecule has 0 saturated carbocycles. The van der Waals surface area contributed by atoms with E-state index in [-0.39, 0.29) is 5.91 Å². The van der Waals surface area contributed by atoms with Crippen LogP contribution < -0.4 is 16.6 Å². The Morgan fingerprint density at radius 3 is 2.50 bits per heavy atom. The van der Waals surface area contributed by atoms with E-state index in [0.717, 1.165) is 26.1 Å². The number of nitrogens with one attached hydrogen (secondary N) is 2. The monoisotopic (exact) mass is 350 g/mol. The van der Waals surface area contributed by atoms with Gasteiger partial charge < -0.3 is 10.6 Å². The molecule has 0 bridgehead atoms. The lowest BCUT2D eigenvalue weighted by Gasteiger charge is -2.36. The molecule has 2 aliphatic rings. The van der Waals surface area contributed by atoms with Crippen LogP contribution in [0.1, 0.15) is 24.4 Å². The van der Waals surface area contributed by atoms with Crippen molar-refractivity contribution < 1.29 is 4.79 Å². The van der Waals surface area contributed by atoms with Crippen LogP contribution in [-0.2, 0) is 4.79 Å². The molecule has 2 aromatic carbocycles. The number of rotatable bonds is 5. The van der Waals surface area contributed by atoms with Crippen molar-refractivity contribution in [2.45, 2.75) is 24.9 Å². The zero-order chi connectivity index (χ0) is 17.9. The lowest BCUT2D eigenvalue weighted by molar-refractivity contribution is -0.118. The smallest absolute Gasteiger partial charge is 0.218 e. The Labute approximate surface area is 154 Å². The van der Waals surface area contributed by atoms with Crippen molar-refractivity contribution in [3.05, 3.63) is 60.2 Å². The Hall–Kier alpha value is -2.21. The van der Waals surface area contributed by atoms with Gasteiger partial charge in [-0.2, -0.15) is 0 Å². The number of likely N-dealkylation sites (tertiary alicyclic amines) is 1. The summed E-state index contributed by atoms with van der Waals surface area (Å²) < 4.78 is 0.